The van der Waals surface area contributed by atoms with Gasteiger partial charge in [0.15, 0.2) is 17.5 Å². The van der Waals surface area contributed by atoms with E-state index in [9.17, 15) is 4.39 Å². The highest BCUT2D eigenvalue weighted by molar-refractivity contribution is 5.79. The van der Waals surface area contributed by atoms with Crippen LogP contribution in [0.2, 0.25) is 0 Å². The third-order valence-electron chi connectivity index (χ3n) is 4.66. The van der Waals surface area contributed by atoms with E-state index in [1.54, 1.807) is 30.5 Å². The third kappa shape index (κ3) is 6.04. The number of guanidine groups is 1. The largest absolute Gasteiger partial charge is 0.453 e. The van der Waals surface area contributed by atoms with Crippen molar-refractivity contribution < 1.29 is 13.7 Å². The van der Waals surface area contributed by atoms with Crippen molar-refractivity contribution in [1.82, 2.24) is 20.8 Å². The molecule has 0 fully saturated rings. The van der Waals surface area contributed by atoms with Crippen LogP contribution in [-0.4, -0.2) is 22.6 Å². The number of aryl methyl sites for hydroxylation is 2. The summed E-state index contributed by atoms with van der Waals surface area (Å²) in [7, 11) is 0. The van der Waals surface area contributed by atoms with E-state index in [0.717, 1.165) is 35.4 Å². The van der Waals surface area contributed by atoms with Crippen LogP contribution >= 0.6 is 0 Å². The first-order chi connectivity index (χ1) is 15.1. The van der Waals surface area contributed by atoms with Gasteiger partial charge in [0, 0.05) is 31.3 Å². The number of aromatic nitrogens is 2. The molecule has 0 aliphatic heterocycles. The molecular weight excluding hydrogens is 397 g/mol. The number of aliphatic imine (C=N–C) groups is 1. The Morgan fingerprint density at radius 1 is 1.16 bits per heavy atom. The summed E-state index contributed by atoms with van der Waals surface area (Å²) < 4.78 is 25.4. The van der Waals surface area contributed by atoms with E-state index in [1.165, 1.54) is 12.3 Å². The molecule has 2 heterocycles. The molecule has 31 heavy (non-hydrogen) atoms. The number of halogens is 1. The van der Waals surface area contributed by atoms with Crippen LogP contribution < -0.4 is 15.4 Å². The zero-order chi connectivity index (χ0) is 22.1. The van der Waals surface area contributed by atoms with Gasteiger partial charge in [0.25, 0.3) is 0 Å². The Labute approximate surface area is 181 Å². The molecule has 0 spiro atoms. The first-order valence-corrected chi connectivity index (χ1v) is 10.5. The van der Waals surface area contributed by atoms with Gasteiger partial charge in [-0.15, -0.1) is 0 Å². The standard InChI is InChI=1S/C23H28FN5O2/c1-4-20-18(21(5-2)31-29-20)15-28-23(26-6-3)27-13-16-9-10-22(19(24)12-16)30-17-8-7-11-25-14-17/h7-12,14H,4-6,13,15H2,1-3H3,(H2,26,27,28). The Kier molecular flexibility index (Phi) is 7.98. The van der Waals surface area contributed by atoms with Gasteiger partial charge in [0.1, 0.15) is 11.5 Å². The van der Waals surface area contributed by atoms with Crippen molar-refractivity contribution in [1.29, 1.82) is 0 Å². The van der Waals surface area contributed by atoms with Crippen molar-refractivity contribution in [2.24, 2.45) is 4.99 Å². The number of nitrogens with one attached hydrogen (secondary N) is 2. The van der Waals surface area contributed by atoms with Crippen LogP contribution in [0.1, 0.15) is 43.4 Å². The van der Waals surface area contributed by atoms with Crippen LogP contribution in [0.15, 0.2) is 52.2 Å². The van der Waals surface area contributed by atoms with E-state index in [-0.39, 0.29) is 5.75 Å². The predicted octanol–water partition coefficient (Wildman–Crippen LogP) is 4.38. The van der Waals surface area contributed by atoms with Crippen LogP contribution in [0.25, 0.3) is 0 Å². The molecule has 7 nitrogen and oxygen atoms in total. The zero-order valence-electron chi connectivity index (χ0n) is 18.1. The summed E-state index contributed by atoms with van der Waals surface area (Å²) in [5.41, 5.74) is 2.76. The van der Waals surface area contributed by atoms with E-state index in [0.29, 0.717) is 31.3 Å². The van der Waals surface area contributed by atoms with Gasteiger partial charge in [-0.2, -0.15) is 0 Å². The molecule has 0 unspecified atom stereocenters. The average Bonchev–Trinajstić information content (AvgIpc) is 3.20. The summed E-state index contributed by atoms with van der Waals surface area (Å²) in [6, 6.07) is 8.29. The van der Waals surface area contributed by atoms with E-state index in [4.69, 9.17) is 9.26 Å². The van der Waals surface area contributed by atoms with Crippen molar-refractivity contribution in [2.75, 3.05) is 6.54 Å². The molecule has 2 N–H and O–H groups in total. The SMILES string of the molecule is CCNC(=NCc1ccc(Oc2cccnc2)c(F)c1)NCc1c(CC)noc1CC. The molecule has 2 aromatic heterocycles. The van der Waals surface area contributed by atoms with Gasteiger partial charge >= 0.3 is 0 Å². The maximum atomic E-state index is 14.5. The molecule has 0 bridgehead atoms. The van der Waals surface area contributed by atoms with Crippen molar-refractivity contribution in [3.8, 4) is 11.5 Å². The van der Waals surface area contributed by atoms with Gasteiger partial charge < -0.3 is 19.9 Å². The molecule has 164 valence electrons. The van der Waals surface area contributed by atoms with Crippen LogP contribution in [0.5, 0.6) is 11.5 Å². The molecule has 8 heteroatoms. The van der Waals surface area contributed by atoms with Crippen molar-refractivity contribution >= 4 is 5.96 Å². The second kappa shape index (κ2) is 11.1. The fourth-order valence-electron chi connectivity index (χ4n) is 3.08. The highest BCUT2D eigenvalue weighted by atomic mass is 19.1. The lowest BCUT2D eigenvalue weighted by Gasteiger charge is -2.12. The lowest BCUT2D eigenvalue weighted by Crippen LogP contribution is -2.37. The molecule has 3 aromatic rings. The summed E-state index contributed by atoms with van der Waals surface area (Å²) in [6.45, 7) is 7.69. The second-order valence-corrected chi connectivity index (χ2v) is 6.84. The molecule has 0 aliphatic rings. The number of hydrogen-bond donors (Lipinski definition) is 2. The van der Waals surface area contributed by atoms with Gasteiger partial charge in [-0.05, 0) is 43.2 Å². The fraction of sp³-hybridized carbons (Fsp3) is 0.348. The van der Waals surface area contributed by atoms with Crippen molar-refractivity contribution in [3.05, 3.63) is 71.1 Å². The summed E-state index contributed by atoms with van der Waals surface area (Å²) >= 11 is 0. The van der Waals surface area contributed by atoms with E-state index in [2.05, 4.69) is 32.7 Å². The van der Waals surface area contributed by atoms with Gasteiger partial charge in [-0.3, -0.25) is 4.98 Å². The zero-order valence-corrected chi connectivity index (χ0v) is 18.1. The topological polar surface area (TPSA) is 84.6 Å². The number of ether oxygens (including phenoxy) is 1. The first kappa shape index (κ1) is 22.3. The lowest BCUT2D eigenvalue weighted by atomic mass is 10.1. The highest BCUT2D eigenvalue weighted by Gasteiger charge is 2.13. The molecule has 0 radical (unpaired) electrons. The van der Waals surface area contributed by atoms with Gasteiger partial charge in [0.05, 0.1) is 18.4 Å². The molecular formula is C23H28FN5O2. The van der Waals surface area contributed by atoms with Crippen LogP contribution in [-0.2, 0) is 25.9 Å². The molecule has 0 atom stereocenters. The van der Waals surface area contributed by atoms with E-state index >= 15 is 0 Å². The average molecular weight is 426 g/mol. The summed E-state index contributed by atoms with van der Waals surface area (Å²) in [4.78, 5) is 8.54. The number of rotatable bonds is 9. The summed E-state index contributed by atoms with van der Waals surface area (Å²) in [6.07, 6.45) is 4.76. The Bertz CT molecular complexity index is 983. The number of hydrogen-bond acceptors (Lipinski definition) is 5. The highest BCUT2D eigenvalue weighted by Crippen LogP contribution is 2.24. The quantitative estimate of drug-likeness (QED) is 0.391. The van der Waals surface area contributed by atoms with Gasteiger partial charge in [-0.25, -0.2) is 9.38 Å². The predicted molar refractivity (Wildman–Crippen MR) is 118 cm³/mol. The normalized spacial score (nSPS) is 11.4. The Morgan fingerprint density at radius 3 is 2.71 bits per heavy atom. The minimum atomic E-state index is -0.445. The maximum Gasteiger partial charge on any atom is 0.191 e. The van der Waals surface area contributed by atoms with Gasteiger partial charge in [0.2, 0.25) is 0 Å². The Balaban J connectivity index is 1.66. The van der Waals surface area contributed by atoms with E-state index in [1.807, 2.05) is 13.8 Å². The minimum Gasteiger partial charge on any atom is -0.453 e. The molecule has 0 amide bonds. The Morgan fingerprint density at radius 2 is 2.03 bits per heavy atom. The second-order valence-electron chi connectivity index (χ2n) is 6.84. The number of nitrogens with zero attached hydrogens (tertiary/aromatic N) is 3. The molecule has 0 saturated heterocycles. The Hall–Kier alpha value is -3.42. The summed E-state index contributed by atoms with van der Waals surface area (Å²) in [5.74, 6) is 1.71. The molecule has 0 aliphatic carbocycles. The molecule has 0 saturated carbocycles. The van der Waals surface area contributed by atoms with Crippen LogP contribution in [0.3, 0.4) is 0 Å². The summed E-state index contributed by atoms with van der Waals surface area (Å²) in [5, 5.41) is 10.7. The fourth-order valence-corrected chi connectivity index (χ4v) is 3.08. The van der Waals surface area contributed by atoms with Crippen molar-refractivity contribution in [3.63, 3.8) is 0 Å². The number of benzene rings is 1. The molecule has 1 aromatic carbocycles. The minimum absolute atomic E-state index is 0.150. The van der Waals surface area contributed by atoms with Crippen LogP contribution in [0, 0.1) is 5.82 Å². The first-order valence-electron chi connectivity index (χ1n) is 10.5. The van der Waals surface area contributed by atoms with Gasteiger partial charge in [-0.1, -0.05) is 25.1 Å². The van der Waals surface area contributed by atoms with Crippen molar-refractivity contribution in [2.45, 2.75) is 46.7 Å². The number of pyridine rings is 1. The maximum absolute atomic E-state index is 14.5. The smallest absolute Gasteiger partial charge is 0.191 e. The molecule has 3 rings (SSSR count). The van der Waals surface area contributed by atoms with E-state index < -0.39 is 5.82 Å². The monoisotopic (exact) mass is 425 g/mol. The van der Waals surface area contributed by atoms with Crippen LogP contribution in [0.4, 0.5) is 4.39 Å². The third-order valence-corrected chi connectivity index (χ3v) is 4.66. The lowest BCUT2D eigenvalue weighted by molar-refractivity contribution is 0.380.